The highest BCUT2D eigenvalue weighted by Gasteiger charge is 2.19. The van der Waals surface area contributed by atoms with Gasteiger partial charge in [0.15, 0.2) is 0 Å². The number of rotatable bonds is 6. The van der Waals surface area contributed by atoms with E-state index in [4.69, 9.17) is 4.74 Å². The summed E-state index contributed by atoms with van der Waals surface area (Å²) in [5, 5.41) is 3.14. The average Bonchev–Trinajstić information content (AvgIpc) is 2.44. The van der Waals surface area contributed by atoms with Crippen LogP contribution in [0.2, 0.25) is 0 Å². The van der Waals surface area contributed by atoms with Crippen LogP contribution in [0.25, 0.3) is 0 Å². The predicted octanol–water partition coefficient (Wildman–Crippen LogP) is 1.80. The van der Waals surface area contributed by atoms with E-state index < -0.39 is 0 Å². The van der Waals surface area contributed by atoms with E-state index in [1.54, 1.807) is 0 Å². The Balaban J connectivity index is 1.78. The van der Waals surface area contributed by atoms with E-state index in [-0.39, 0.29) is 0 Å². The van der Waals surface area contributed by atoms with Crippen molar-refractivity contribution in [2.24, 2.45) is 0 Å². The molecule has 1 aromatic heterocycles. The minimum Gasteiger partial charge on any atom is -0.378 e. The smallest absolute Gasteiger partial charge is 0.0599 e. The van der Waals surface area contributed by atoms with Crippen molar-refractivity contribution in [3.05, 3.63) is 29.6 Å². The average molecular weight is 263 g/mol. The maximum absolute atomic E-state index is 5.67. The van der Waals surface area contributed by atoms with Crippen LogP contribution in [-0.2, 0) is 17.8 Å². The zero-order valence-electron chi connectivity index (χ0n) is 12.1. The molecule has 1 aliphatic rings. The van der Waals surface area contributed by atoms with Crippen LogP contribution in [-0.4, -0.2) is 42.7 Å². The molecule has 2 rings (SSSR count). The lowest BCUT2D eigenvalue weighted by Gasteiger charge is -2.31. The standard InChI is InChI=1S/C15H25N3O/c1-3-19-15-6-8-18(9-7-15)12-14-5-4-13(10-16-2)11-17-14/h4-5,11,15-16H,3,6-10,12H2,1-2H3. The zero-order valence-corrected chi connectivity index (χ0v) is 12.1. The van der Waals surface area contributed by atoms with Gasteiger partial charge in [-0.2, -0.15) is 0 Å². The molecule has 0 amide bonds. The van der Waals surface area contributed by atoms with Crippen molar-refractivity contribution >= 4 is 0 Å². The van der Waals surface area contributed by atoms with E-state index in [1.165, 1.54) is 5.56 Å². The van der Waals surface area contributed by atoms with Crippen molar-refractivity contribution in [3.8, 4) is 0 Å². The zero-order chi connectivity index (χ0) is 13.5. The van der Waals surface area contributed by atoms with Crippen molar-refractivity contribution in [3.63, 3.8) is 0 Å². The lowest BCUT2D eigenvalue weighted by Crippen LogP contribution is -2.36. The van der Waals surface area contributed by atoms with Gasteiger partial charge in [-0.05, 0) is 38.4 Å². The highest BCUT2D eigenvalue weighted by molar-refractivity contribution is 5.13. The lowest BCUT2D eigenvalue weighted by molar-refractivity contribution is 0.0123. The summed E-state index contributed by atoms with van der Waals surface area (Å²) < 4.78 is 5.67. The molecule has 0 atom stereocenters. The van der Waals surface area contributed by atoms with E-state index in [1.807, 2.05) is 13.2 Å². The molecular weight excluding hydrogens is 238 g/mol. The normalized spacial score (nSPS) is 17.8. The van der Waals surface area contributed by atoms with E-state index in [0.717, 1.165) is 51.3 Å². The van der Waals surface area contributed by atoms with Gasteiger partial charge in [0.1, 0.15) is 0 Å². The molecular formula is C15H25N3O. The van der Waals surface area contributed by atoms with E-state index in [0.29, 0.717) is 6.10 Å². The first-order valence-electron chi connectivity index (χ1n) is 7.24. The quantitative estimate of drug-likeness (QED) is 0.849. The highest BCUT2D eigenvalue weighted by Crippen LogP contribution is 2.15. The summed E-state index contributed by atoms with van der Waals surface area (Å²) in [6.07, 6.45) is 4.73. The fourth-order valence-electron chi connectivity index (χ4n) is 2.56. The van der Waals surface area contributed by atoms with Crippen molar-refractivity contribution in [1.82, 2.24) is 15.2 Å². The number of nitrogens with one attached hydrogen (secondary N) is 1. The number of ether oxygens (including phenoxy) is 1. The third-order valence-electron chi connectivity index (χ3n) is 3.59. The molecule has 2 heterocycles. The SMILES string of the molecule is CCOC1CCN(Cc2ccc(CNC)cn2)CC1. The van der Waals surface area contributed by atoms with Crippen LogP contribution in [0.5, 0.6) is 0 Å². The summed E-state index contributed by atoms with van der Waals surface area (Å²) in [5.41, 5.74) is 2.40. The fraction of sp³-hybridized carbons (Fsp3) is 0.667. The molecule has 0 radical (unpaired) electrons. The summed E-state index contributed by atoms with van der Waals surface area (Å²) in [7, 11) is 1.95. The van der Waals surface area contributed by atoms with Gasteiger partial charge in [0.25, 0.3) is 0 Å². The molecule has 1 aliphatic heterocycles. The van der Waals surface area contributed by atoms with Crippen LogP contribution in [0.4, 0.5) is 0 Å². The third kappa shape index (κ3) is 4.56. The highest BCUT2D eigenvalue weighted by atomic mass is 16.5. The second-order valence-corrected chi connectivity index (χ2v) is 5.12. The maximum Gasteiger partial charge on any atom is 0.0599 e. The van der Waals surface area contributed by atoms with Gasteiger partial charge in [-0.15, -0.1) is 0 Å². The van der Waals surface area contributed by atoms with Gasteiger partial charge in [-0.25, -0.2) is 0 Å². The first kappa shape index (κ1) is 14.4. The Kier molecular flexibility index (Phi) is 5.76. The van der Waals surface area contributed by atoms with Crippen LogP contribution in [0.15, 0.2) is 18.3 Å². The molecule has 4 heteroatoms. The Morgan fingerprint density at radius 1 is 1.37 bits per heavy atom. The maximum atomic E-state index is 5.67. The first-order valence-corrected chi connectivity index (χ1v) is 7.24. The number of aromatic nitrogens is 1. The molecule has 0 aromatic carbocycles. The van der Waals surface area contributed by atoms with Gasteiger partial charge in [-0.3, -0.25) is 9.88 Å². The second kappa shape index (κ2) is 7.58. The van der Waals surface area contributed by atoms with Crippen molar-refractivity contribution in [2.75, 3.05) is 26.7 Å². The van der Waals surface area contributed by atoms with Gasteiger partial charge in [0.05, 0.1) is 11.8 Å². The van der Waals surface area contributed by atoms with Crippen LogP contribution < -0.4 is 5.32 Å². The van der Waals surface area contributed by atoms with Gasteiger partial charge in [-0.1, -0.05) is 6.07 Å². The van der Waals surface area contributed by atoms with E-state index in [2.05, 4.69) is 34.3 Å². The van der Waals surface area contributed by atoms with Crippen molar-refractivity contribution in [2.45, 2.75) is 39.0 Å². The van der Waals surface area contributed by atoms with Crippen molar-refractivity contribution in [1.29, 1.82) is 0 Å². The summed E-state index contributed by atoms with van der Waals surface area (Å²) in [6, 6.07) is 4.30. The topological polar surface area (TPSA) is 37.4 Å². The Morgan fingerprint density at radius 3 is 2.74 bits per heavy atom. The minimum atomic E-state index is 0.465. The third-order valence-corrected chi connectivity index (χ3v) is 3.59. The molecule has 0 bridgehead atoms. The number of pyridine rings is 1. The molecule has 0 unspecified atom stereocenters. The number of likely N-dealkylation sites (tertiary alicyclic amines) is 1. The van der Waals surface area contributed by atoms with Gasteiger partial charge >= 0.3 is 0 Å². The van der Waals surface area contributed by atoms with E-state index in [9.17, 15) is 0 Å². The fourth-order valence-corrected chi connectivity index (χ4v) is 2.56. The number of nitrogens with zero attached hydrogens (tertiary/aromatic N) is 2. The molecule has 0 aliphatic carbocycles. The molecule has 1 saturated heterocycles. The Morgan fingerprint density at radius 2 is 2.16 bits per heavy atom. The molecule has 4 nitrogen and oxygen atoms in total. The summed E-state index contributed by atoms with van der Waals surface area (Å²) in [6.45, 7) is 6.98. The number of piperidine rings is 1. The summed E-state index contributed by atoms with van der Waals surface area (Å²) in [4.78, 5) is 7.00. The Labute approximate surface area is 116 Å². The molecule has 19 heavy (non-hydrogen) atoms. The van der Waals surface area contributed by atoms with Gasteiger partial charge in [0, 0.05) is 39.0 Å². The number of hydrogen-bond donors (Lipinski definition) is 1. The monoisotopic (exact) mass is 263 g/mol. The molecule has 0 spiro atoms. The molecule has 1 N–H and O–H groups in total. The molecule has 0 saturated carbocycles. The van der Waals surface area contributed by atoms with E-state index >= 15 is 0 Å². The summed E-state index contributed by atoms with van der Waals surface area (Å²) >= 11 is 0. The number of hydrogen-bond acceptors (Lipinski definition) is 4. The minimum absolute atomic E-state index is 0.465. The molecule has 106 valence electrons. The van der Waals surface area contributed by atoms with Crippen LogP contribution in [0.1, 0.15) is 31.0 Å². The van der Waals surface area contributed by atoms with Gasteiger partial charge < -0.3 is 10.1 Å². The lowest BCUT2D eigenvalue weighted by atomic mass is 10.1. The summed E-state index contributed by atoms with van der Waals surface area (Å²) in [5.74, 6) is 0. The van der Waals surface area contributed by atoms with Gasteiger partial charge in [0.2, 0.25) is 0 Å². The van der Waals surface area contributed by atoms with Crippen LogP contribution >= 0.6 is 0 Å². The largest absolute Gasteiger partial charge is 0.378 e. The molecule has 1 aromatic rings. The van der Waals surface area contributed by atoms with Crippen molar-refractivity contribution < 1.29 is 4.74 Å². The molecule has 1 fully saturated rings. The van der Waals surface area contributed by atoms with Crippen LogP contribution in [0.3, 0.4) is 0 Å². The first-order chi connectivity index (χ1) is 9.31. The van der Waals surface area contributed by atoms with Crippen LogP contribution in [0, 0.1) is 0 Å². The Hall–Kier alpha value is -0.970. The Bertz CT molecular complexity index is 358. The predicted molar refractivity (Wildman–Crippen MR) is 76.9 cm³/mol. The second-order valence-electron chi connectivity index (χ2n) is 5.12.